The summed E-state index contributed by atoms with van der Waals surface area (Å²) in [5, 5.41) is 17.3. The van der Waals surface area contributed by atoms with Gasteiger partial charge in [0.1, 0.15) is 11.2 Å². The third kappa shape index (κ3) is 2.75. The van der Waals surface area contributed by atoms with E-state index in [1.807, 2.05) is 4.90 Å². The maximum Gasteiger partial charge on any atom is 0.322 e. The molecule has 2 aliphatic heterocycles. The van der Waals surface area contributed by atoms with E-state index in [0.29, 0.717) is 42.5 Å². The second-order valence-electron chi connectivity index (χ2n) is 7.13. The maximum absolute atomic E-state index is 12.1. The van der Waals surface area contributed by atoms with E-state index in [1.54, 1.807) is 37.4 Å². The Morgan fingerprint density at radius 3 is 2.63 bits per heavy atom. The van der Waals surface area contributed by atoms with Crippen LogP contribution in [-0.4, -0.2) is 40.5 Å². The van der Waals surface area contributed by atoms with Gasteiger partial charge in [-0.15, -0.1) is 0 Å². The SMILES string of the molecule is CC1(C2CCN(c3ccc4ncccc4c3[N+](=O)[O-])CC2)NC(=O)NC1=O. The van der Waals surface area contributed by atoms with Crippen LogP contribution in [0.4, 0.5) is 16.2 Å². The zero-order valence-corrected chi connectivity index (χ0v) is 14.8. The number of imide groups is 1. The first-order valence-electron chi connectivity index (χ1n) is 8.81. The Hall–Kier alpha value is -3.23. The molecule has 2 N–H and O–H groups in total. The van der Waals surface area contributed by atoms with E-state index in [-0.39, 0.29) is 22.4 Å². The molecule has 3 heterocycles. The first kappa shape index (κ1) is 17.2. The highest BCUT2D eigenvalue weighted by Gasteiger charge is 2.48. The van der Waals surface area contributed by atoms with E-state index in [0.717, 1.165) is 0 Å². The lowest BCUT2D eigenvalue weighted by molar-refractivity contribution is -0.382. The van der Waals surface area contributed by atoms with Gasteiger partial charge in [-0.3, -0.25) is 25.2 Å². The fourth-order valence-electron chi connectivity index (χ4n) is 4.11. The second kappa shape index (κ2) is 6.19. The Morgan fingerprint density at radius 2 is 2.00 bits per heavy atom. The number of anilines is 1. The van der Waals surface area contributed by atoms with Crippen molar-refractivity contribution in [1.82, 2.24) is 15.6 Å². The Kier molecular flexibility index (Phi) is 3.94. The Bertz CT molecular complexity index is 954. The van der Waals surface area contributed by atoms with Crippen LogP contribution < -0.4 is 15.5 Å². The van der Waals surface area contributed by atoms with Gasteiger partial charge in [0.15, 0.2) is 0 Å². The average molecular weight is 369 g/mol. The molecule has 4 rings (SSSR count). The average Bonchev–Trinajstić information content (AvgIpc) is 2.93. The molecule has 140 valence electrons. The van der Waals surface area contributed by atoms with Crippen LogP contribution in [-0.2, 0) is 4.79 Å². The van der Waals surface area contributed by atoms with E-state index in [4.69, 9.17) is 0 Å². The number of fused-ring (bicyclic) bond motifs is 1. The number of nitro groups is 1. The summed E-state index contributed by atoms with van der Waals surface area (Å²) in [5.41, 5.74) is 0.268. The predicted octanol–water partition coefficient (Wildman–Crippen LogP) is 1.96. The molecule has 9 nitrogen and oxygen atoms in total. The number of hydrogen-bond acceptors (Lipinski definition) is 6. The van der Waals surface area contributed by atoms with E-state index < -0.39 is 11.6 Å². The topological polar surface area (TPSA) is 117 Å². The normalized spacial score (nSPS) is 23.4. The number of rotatable bonds is 3. The van der Waals surface area contributed by atoms with Crippen molar-refractivity contribution in [2.45, 2.75) is 25.3 Å². The van der Waals surface area contributed by atoms with Gasteiger partial charge in [-0.25, -0.2) is 4.79 Å². The smallest absolute Gasteiger partial charge is 0.322 e. The molecule has 2 aromatic rings. The predicted molar refractivity (Wildman–Crippen MR) is 98.4 cm³/mol. The summed E-state index contributed by atoms with van der Waals surface area (Å²) in [6.45, 7) is 2.86. The summed E-state index contributed by atoms with van der Waals surface area (Å²) in [7, 11) is 0. The number of piperidine rings is 1. The number of benzene rings is 1. The zero-order valence-electron chi connectivity index (χ0n) is 14.8. The van der Waals surface area contributed by atoms with Crippen LogP contribution in [0.25, 0.3) is 10.9 Å². The van der Waals surface area contributed by atoms with E-state index in [9.17, 15) is 19.7 Å². The molecule has 3 amide bonds. The summed E-state index contributed by atoms with van der Waals surface area (Å²) in [5.74, 6) is -0.338. The van der Waals surface area contributed by atoms with Crippen molar-refractivity contribution in [3.05, 3.63) is 40.6 Å². The van der Waals surface area contributed by atoms with Gasteiger partial charge in [0, 0.05) is 19.3 Å². The molecular weight excluding hydrogens is 350 g/mol. The first-order chi connectivity index (χ1) is 12.9. The summed E-state index contributed by atoms with van der Waals surface area (Å²) < 4.78 is 0. The van der Waals surface area contributed by atoms with Crippen LogP contribution in [0, 0.1) is 16.0 Å². The highest BCUT2D eigenvalue weighted by molar-refractivity contribution is 6.07. The minimum absolute atomic E-state index is 0.0265. The number of hydrogen-bond donors (Lipinski definition) is 2. The quantitative estimate of drug-likeness (QED) is 0.485. The number of nitro benzene ring substituents is 1. The summed E-state index contributed by atoms with van der Waals surface area (Å²) in [6, 6.07) is 6.45. The van der Waals surface area contributed by atoms with Crippen molar-refractivity contribution in [1.29, 1.82) is 0 Å². The molecule has 27 heavy (non-hydrogen) atoms. The molecule has 0 saturated carbocycles. The zero-order chi connectivity index (χ0) is 19.2. The van der Waals surface area contributed by atoms with Crippen LogP contribution in [0.2, 0.25) is 0 Å². The van der Waals surface area contributed by atoms with Crippen molar-refractivity contribution in [3.8, 4) is 0 Å². The molecule has 0 spiro atoms. The number of amides is 3. The maximum atomic E-state index is 12.1. The molecule has 1 unspecified atom stereocenters. The Balaban J connectivity index is 1.60. The van der Waals surface area contributed by atoms with Gasteiger partial charge in [-0.1, -0.05) is 0 Å². The number of aromatic nitrogens is 1. The van der Waals surface area contributed by atoms with Gasteiger partial charge in [0.25, 0.3) is 5.91 Å². The highest BCUT2D eigenvalue weighted by Crippen LogP contribution is 2.38. The summed E-state index contributed by atoms with van der Waals surface area (Å²) in [6.07, 6.45) is 2.90. The van der Waals surface area contributed by atoms with Crippen LogP contribution >= 0.6 is 0 Å². The lowest BCUT2D eigenvalue weighted by Crippen LogP contribution is -2.53. The molecule has 0 aliphatic carbocycles. The lowest BCUT2D eigenvalue weighted by Gasteiger charge is -2.39. The third-order valence-electron chi connectivity index (χ3n) is 5.64. The van der Waals surface area contributed by atoms with E-state index in [1.165, 1.54) is 0 Å². The molecule has 2 fully saturated rings. The van der Waals surface area contributed by atoms with Crippen molar-refractivity contribution in [2.24, 2.45) is 5.92 Å². The highest BCUT2D eigenvalue weighted by atomic mass is 16.6. The van der Waals surface area contributed by atoms with Gasteiger partial charge in [0.05, 0.1) is 15.8 Å². The lowest BCUT2D eigenvalue weighted by atomic mass is 9.79. The molecule has 9 heteroatoms. The molecule has 0 radical (unpaired) electrons. The van der Waals surface area contributed by atoms with Crippen LogP contribution in [0.15, 0.2) is 30.5 Å². The Morgan fingerprint density at radius 1 is 1.26 bits per heavy atom. The number of nitrogens with one attached hydrogen (secondary N) is 2. The van der Waals surface area contributed by atoms with Crippen LogP contribution in [0.3, 0.4) is 0 Å². The summed E-state index contributed by atoms with van der Waals surface area (Å²) in [4.78, 5) is 41.2. The number of pyridine rings is 1. The van der Waals surface area contributed by atoms with Gasteiger partial charge in [0.2, 0.25) is 0 Å². The van der Waals surface area contributed by atoms with Gasteiger partial charge >= 0.3 is 11.7 Å². The van der Waals surface area contributed by atoms with Gasteiger partial charge < -0.3 is 10.2 Å². The third-order valence-corrected chi connectivity index (χ3v) is 5.64. The molecule has 2 saturated heterocycles. The van der Waals surface area contributed by atoms with Crippen molar-refractivity contribution < 1.29 is 14.5 Å². The second-order valence-corrected chi connectivity index (χ2v) is 7.13. The summed E-state index contributed by atoms with van der Waals surface area (Å²) >= 11 is 0. The van der Waals surface area contributed by atoms with Crippen molar-refractivity contribution >= 4 is 34.2 Å². The molecule has 1 aromatic heterocycles. The Labute approximate surface area is 154 Å². The van der Waals surface area contributed by atoms with Crippen LogP contribution in [0.5, 0.6) is 0 Å². The standard InChI is InChI=1S/C18H19N5O4/c1-18(16(24)20-17(25)21-18)11-6-9-22(10-7-11)14-5-4-13-12(3-2-8-19-13)15(14)23(26)27/h2-5,8,11H,6-7,9-10H2,1H3,(H2,20,21,24,25). The fourth-order valence-corrected chi connectivity index (χ4v) is 4.11. The van der Waals surface area contributed by atoms with Gasteiger partial charge in [-0.2, -0.15) is 0 Å². The van der Waals surface area contributed by atoms with Crippen molar-refractivity contribution in [3.63, 3.8) is 0 Å². The monoisotopic (exact) mass is 369 g/mol. The van der Waals surface area contributed by atoms with Crippen LogP contribution in [0.1, 0.15) is 19.8 Å². The number of carbonyl (C=O) groups is 2. The molecule has 0 bridgehead atoms. The number of nitrogens with zero attached hydrogens (tertiary/aromatic N) is 3. The minimum Gasteiger partial charge on any atom is -0.366 e. The first-order valence-corrected chi connectivity index (χ1v) is 8.81. The number of carbonyl (C=O) groups excluding carboxylic acids is 2. The molecule has 1 aromatic carbocycles. The largest absolute Gasteiger partial charge is 0.366 e. The minimum atomic E-state index is -0.928. The fraction of sp³-hybridized carbons (Fsp3) is 0.389. The van der Waals surface area contributed by atoms with Gasteiger partial charge in [-0.05, 0) is 49.9 Å². The van der Waals surface area contributed by atoms with Crippen molar-refractivity contribution in [2.75, 3.05) is 18.0 Å². The number of urea groups is 1. The molecular formula is C18H19N5O4. The van der Waals surface area contributed by atoms with E-state index >= 15 is 0 Å². The molecule has 2 aliphatic rings. The molecule has 1 atom stereocenters. The van der Waals surface area contributed by atoms with E-state index in [2.05, 4.69) is 15.6 Å².